The molecule has 3 aromatic heterocycles. The van der Waals surface area contributed by atoms with Crippen molar-refractivity contribution < 1.29 is 9.59 Å². The molecule has 4 heterocycles. The molecule has 0 atom stereocenters. The number of nitrogens with one attached hydrogen (secondary N) is 1. The Morgan fingerprint density at radius 3 is 2.71 bits per heavy atom. The molecule has 1 N–H and O–H groups in total. The smallest absolute Gasteiger partial charge is 0.272 e. The standard InChI is InChI=1S/C26H33N7O2/c1-17(2)12-20-13-23(31(3)29-20)26(35)32-11-9-22-21(16-32)24(30-33(22)15-18-7-8-18)25(34)28-14-19-6-4-5-10-27-19/h4-6,10,13,17-18H,7-9,11-12,14-16H2,1-3H3,(H,28,34). The molecule has 0 unspecified atom stereocenters. The highest BCUT2D eigenvalue weighted by molar-refractivity contribution is 5.95. The normalized spacial score (nSPS) is 15.4. The van der Waals surface area contributed by atoms with Crippen LogP contribution in [0.2, 0.25) is 0 Å². The van der Waals surface area contributed by atoms with Crippen LogP contribution in [0.15, 0.2) is 30.5 Å². The van der Waals surface area contributed by atoms with E-state index in [0.29, 0.717) is 49.3 Å². The van der Waals surface area contributed by atoms with E-state index in [2.05, 4.69) is 29.2 Å². The minimum atomic E-state index is -0.226. The maximum Gasteiger partial charge on any atom is 0.272 e. The third-order valence-electron chi connectivity index (χ3n) is 6.69. The molecule has 184 valence electrons. The second-order valence-electron chi connectivity index (χ2n) is 10.1. The second-order valence-corrected chi connectivity index (χ2v) is 10.1. The number of nitrogens with zero attached hydrogens (tertiary/aromatic N) is 6. The van der Waals surface area contributed by atoms with Crippen molar-refractivity contribution in [1.82, 2.24) is 34.8 Å². The number of aryl methyl sites for hydroxylation is 1. The second kappa shape index (κ2) is 9.64. The molecule has 35 heavy (non-hydrogen) atoms. The van der Waals surface area contributed by atoms with Crippen LogP contribution in [0.3, 0.4) is 0 Å². The van der Waals surface area contributed by atoms with E-state index in [4.69, 9.17) is 5.10 Å². The minimum Gasteiger partial charge on any atom is -0.345 e. The molecule has 1 aliphatic carbocycles. The zero-order valence-corrected chi connectivity index (χ0v) is 20.7. The molecule has 0 spiro atoms. The molecule has 9 heteroatoms. The molecule has 1 aliphatic heterocycles. The minimum absolute atomic E-state index is 0.0598. The number of carbonyl (C=O) groups is 2. The van der Waals surface area contributed by atoms with Gasteiger partial charge in [0.15, 0.2) is 5.69 Å². The van der Waals surface area contributed by atoms with Crippen molar-refractivity contribution in [3.8, 4) is 0 Å². The van der Waals surface area contributed by atoms with E-state index in [-0.39, 0.29) is 11.8 Å². The van der Waals surface area contributed by atoms with Crippen LogP contribution in [0.25, 0.3) is 0 Å². The van der Waals surface area contributed by atoms with Crippen LogP contribution in [-0.2, 0) is 39.5 Å². The molecule has 0 bridgehead atoms. The highest BCUT2D eigenvalue weighted by atomic mass is 16.2. The van der Waals surface area contributed by atoms with Gasteiger partial charge in [-0.15, -0.1) is 0 Å². The van der Waals surface area contributed by atoms with E-state index in [9.17, 15) is 9.59 Å². The van der Waals surface area contributed by atoms with Gasteiger partial charge >= 0.3 is 0 Å². The lowest BCUT2D eigenvalue weighted by Crippen LogP contribution is -2.38. The molecular weight excluding hydrogens is 442 g/mol. The molecule has 1 saturated carbocycles. The van der Waals surface area contributed by atoms with Crippen LogP contribution >= 0.6 is 0 Å². The molecule has 0 radical (unpaired) electrons. The van der Waals surface area contributed by atoms with Gasteiger partial charge < -0.3 is 10.2 Å². The van der Waals surface area contributed by atoms with Crippen molar-refractivity contribution in [2.75, 3.05) is 6.54 Å². The summed E-state index contributed by atoms with van der Waals surface area (Å²) < 4.78 is 3.68. The number of carbonyl (C=O) groups excluding carboxylic acids is 2. The summed E-state index contributed by atoms with van der Waals surface area (Å²) in [5.74, 6) is 0.817. The summed E-state index contributed by atoms with van der Waals surface area (Å²) >= 11 is 0. The van der Waals surface area contributed by atoms with Crippen LogP contribution < -0.4 is 5.32 Å². The van der Waals surface area contributed by atoms with E-state index in [0.717, 1.165) is 35.6 Å². The molecule has 2 aliphatic rings. The van der Waals surface area contributed by atoms with Gasteiger partial charge in [-0.05, 0) is 49.3 Å². The van der Waals surface area contributed by atoms with Gasteiger partial charge in [0, 0.05) is 44.0 Å². The van der Waals surface area contributed by atoms with Crippen molar-refractivity contribution in [2.24, 2.45) is 18.9 Å². The Hall–Kier alpha value is -3.49. The highest BCUT2D eigenvalue weighted by Gasteiger charge is 2.33. The SMILES string of the molecule is CC(C)Cc1cc(C(=O)N2CCc3c(c(C(=O)NCc4ccccn4)nn3CC3CC3)C2)n(C)n1. The zero-order chi connectivity index (χ0) is 24.5. The first-order valence-electron chi connectivity index (χ1n) is 12.5. The summed E-state index contributed by atoms with van der Waals surface area (Å²) in [6.07, 6.45) is 5.65. The first-order valence-corrected chi connectivity index (χ1v) is 12.5. The Morgan fingerprint density at radius 2 is 2.00 bits per heavy atom. The number of hydrogen-bond acceptors (Lipinski definition) is 5. The lowest BCUT2D eigenvalue weighted by atomic mass is 10.0. The van der Waals surface area contributed by atoms with Crippen molar-refractivity contribution in [2.45, 2.75) is 59.2 Å². The number of rotatable bonds is 8. The molecule has 5 rings (SSSR count). The molecule has 3 aromatic rings. The quantitative estimate of drug-likeness (QED) is 0.540. The zero-order valence-electron chi connectivity index (χ0n) is 20.7. The predicted molar refractivity (Wildman–Crippen MR) is 131 cm³/mol. The van der Waals surface area contributed by atoms with Gasteiger partial charge in [0.05, 0.1) is 24.5 Å². The molecule has 0 aromatic carbocycles. The number of aromatic nitrogens is 5. The van der Waals surface area contributed by atoms with Gasteiger partial charge in [-0.2, -0.15) is 10.2 Å². The summed E-state index contributed by atoms with van der Waals surface area (Å²) in [6.45, 7) is 6.42. The fraction of sp³-hybridized carbons (Fsp3) is 0.500. The van der Waals surface area contributed by atoms with E-state index < -0.39 is 0 Å². The Balaban J connectivity index is 1.37. The van der Waals surface area contributed by atoms with E-state index in [1.807, 2.05) is 40.9 Å². The molecular formula is C26H33N7O2. The van der Waals surface area contributed by atoms with Gasteiger partial charge in [-0.3, -0.25) is 23.9 Å². The van der Waals surface area contributed by atoms with Crippen molar-refractivity contribution in [1.29, 1.82) is 0 Å². The molecule has 9 nitrogen and oxygen atoms in total. The van der Waals surface area contributed by atoms with Crippen molar-refractivity contribution in [3.05, 3.63) is 64.5 Å². The molecule has 0 saturated heterocycles. The summed E-state index contributed by atoms with van der Waals surface area (Å²) in [5, 5.41) is 12.2. The first-order chi connectivity index (χ1) is 16.9. The van der Waals surface area contributed by atoms with Gasteiger partial charge in [0.1, 0.15) is 5.69 Å². The van der Waals surface area contributed by atoms with Gasteiger partial charge in [0.2, 0.25) is 0 Å². The van der Waals surface area contributed by atoms with Crippen LogP contribution in [0, 0.1) is 11.8 Å². The van der Waals surface area contributed by atoms with Crippen LogP contribution in [-0.4, -0.2) is 47.8 Å². The Kier molecular flexibility index (Phi) is 6.40. The Labute approximate surface area is 205 Å². The summed E-state index contributed by atoms with van der Waals surface area (Å²) in [6, 6.07) is 7.52. The molecule has 1 fully saturated rings. The van der Waals surface area contributed by atoms with E-state index in [1.54, 1.807) is 10.9 Å². The Bertz CT molecular complexity index is 1220. The monoisotopic (exact) mass is 475 g/mol. The summed E-state index contributed by atoms with van der Waals surface area (Å²) in [4.78, 5) is 32.7. The number of fused-ring (bicyclic) bond motifs is 1. The van der Waals surface area contributed by atoms with Crippen LogP contribution in [0.1, 0.15) is 70.3 Å². The van der Waals surface area contributed by atoms with Gasteiger partial charge in [0.25, 0.3) is 11.8 Å². The van der Waals surface area contributed by atoms with Crippen molar-refractivity contribution >= 4 is 11.8 Å². The number of pyridine rings is 1. The topological polar surface area (TPSA) is 97.9 Å². The fourth-order valence-corrected chi connectivity index (χ4v) is 4.71. The third-order valence-corrected chi connectivity index (χ3v) is 6.69. The average Bonchev–Trinajstić information content (AvgIpc) is 3.49. The summed E-state index contributed by atoms with van der Waals surface area (Å²) in [7, 11) is 1.82. The van der Waals surface area contributed by atoms with Crippen molar-refractivity contribution in [3.63, 3.8) is 0 Å². The van der Waals surface area contributed by atoms with Gasteiger partial charge in [-0.1, -0.05) is 19.9 Å². The van der Waals surface area contributed by atoms with Crippen LogP contribution in [0.5, 0.6) is 0 Å². The first kappa shape index (κ1) is 23.3. The molecule has 2 amide bonds. The number of amides is 2. The number of hydrogen-bond donors (Lipinski definition) is 1. The third kappa shape index (κ3) is 5.13. The van der Waals surface area contributed by atoms with E-state index in [1.165, 1.54) is 12.8 Å². The lowest BCUT2D eigenvalue weighted by Gasteiger charge is -2.28. The summed E-state index contributed by atoms with van der Waals surface area (Å²) in [5.41, 5.74) is 4.64. The fourth-order valence-electron chi connectivity index (χ4n) is 4.71. The maximum atomic E-state index is 13.4. The largest absolute Gasteiger partial charge is 0.345 e. The lowest BCUT2D eigenvalue weighted by molar-refractivity contribution is 0.0719. The predicted octanol–water partition coefficient (Wildman–Crippen LogP) is 2.75. The highest BCUT2D eigenvalue weighted by Crippen LogP contribution is 2.33. The average molecular weight is 476 g/mol. The maximum absolute atomic E-state index is 13.4. The Morgan fingerprint density at radius 1 is 1.17 bits per heavy atom. The van der Waals surface area contributed by atoms with Gasteiger partial charge in [-0.25, -0.2) is 0 Å². The van der Waals surface area contributed by atoms with Crippen LogP contribution in [0.4, 0.5) is 0 Å². The van der Waals surface area contributed by atoms with E-state index >= 15 is 0 Å².